The second-order valence-electron chi connectivity index (χ2n) is 9.81. The quantitative estimate of drug-likeness (QED) is 0.416. The first kappa shape index (κ1) is 30.5. The molecule has 2 aromatic rings. The van der Waals surface area contributed by atoms with Crippen molar-refractivity contribution in [1.29, 1.82) is 0 Å². The van der Waals surface area contributed by atoms with Gasteiger partial charge >= 0.3 is 0 Å². The first-order chi connectivity index (χ1) is 19.4. The molecule has 3 N–H and O–H groups in total. The first-order valence-corrected chi connectivity index (χ1v) is 14.4. The lowest BCUT2D eigenvalue weighted by atomic mass is 9.85. The molecule has 2 heterocycles. The second kappa shape index (κ2) is 15.0. The third-order valence-electron chi connectivity index (χ3n) is 7.46. The summed E-state index contributed by atoms with van der Waals surface area (Å²) in [6, 6.07) is 17.6. The summed E-state index contributed by atoms with van der Waals surface area (Å²) >= 11 is 0. The summed E-state index contributed by atoms with van der Waals surface area (Å²) in [7, 11) is 2.04. The number of ether oxygens (including phenoxy) is 1. The van der Waals surface area contributed by atoms with Crippen LogP contribution in [0.1, 0.15) is 52.0 Å². The fourth-order valence-electron chi connectivity index (χ4n) is 5.55. The van der Waals surface area contributed by atoms with E-state index in [2.05, 4.69) is 29.8 Å². The Morgan fingerprint density at radius 1 is 1.02 bits per heavy atom. The van der Waals surface area contributed by atoms with Gasteiger partial charge in [-0.15, -0.1) is 0 Å². The van der Waals surface area contributed by atoms with Gasteiger partial charge in [-0.1, -0.05) is 63.8 Å². The topological polar surface area (TPSA) is 87.9 Å². The summed E-state index contributed by atoms with van der Waals surface area (Å²) in [4.78, 5) is 29.0. The number of carbonyl (C=O) groups excluding carboxylic acids is 2. The van der Waals surface area contributed by atoms with Crippen molar-refractivity contribution in [2.45, 2.75) is 52.5 Å². The Labute approximate surface area is 239 Å². The molecule has 0 saturated carbocycles. The number of hydrogen-bond acceptors (Lipinski definition) is 5. The van der Waals surface area contributed by atoms with Gasteiger partial charge in [-0.2, -0.15) is 0 Å². The van der Waals surface area contributed by atoms with Crippen LogP contribution in [0.4, 0.5) is 0 Å². The number of nitrogens with zero attached hydrogens (tertiary/aromatic N) is 2. The predicted molar refractivity (Wildman–Crippen MR) is 162 cm³/mol. The molecule has 0 aliphatic carbocycles. The second-order valence-corrected chi connectivity index (χ2v) is 9.81. The Kier molecular flexibility index (Phi) is 11.4. The van der Waals surface area contributed by atoms with Gasteiger partial charge in [-0.05, 0) is 73.1 Å². The summed E-state index contributed by atoms with van der Waals surface area (Å²) in [5.74, 6) is 2.21. The van der Waals surface area contributed by atoms with E-state index in [4.69, 9.17) is 10.5 Å². The van der Waals surface area contributed by atoms with Gasteiger partial charge in [0.25, 0.3) is 5.91 Å². The predicted octanol–water partition coefficient (Wildman–Crippen LogP) is 5.71. The molecule has 0 aromatic heterocycles. The van der Waals surface area contributed by atoms with Gasteiger partial charge in [-0.25, -0.2) is 0 Å². The molecule has 2 amide bonds. The highest BCUT2D eigenvalue weighted by atomic mass is 16.5. The van der Waals surface area contributed by atoms with E-state index in [-0.39, 0.29) is 11.9 Å². The maximum absolute atomic E-state index is 13.0. The van der Waals surface area contributed by atoms with Crippen LogP contribution in [-0.4, -0.2) is 54.3 Å². The fourth-order valence-corrected chi connectivity index (χ4v) is 5.55. The van der Waals surface area contributed by atoms with E-state index in [1.165, 1.54) is 6.08 Å². The van der Waals surface area contributed by atoms with Crippen molar-refractivity contribution in [3.63, 3.8) is 0 Å². The Morgan fingerprint density at radius 3 is 2.23 bits per heavy atom. The maximum atomic E-state index is 13.0. The number of amides is 2. The van der Waals surface area contributed by atoms with Crippen molar-refractivity contribution >= 4 is 17.4 Å². The zero-order valence-corrected chi connectivity index (χ0v) is 24.4. The van der Waals surface area contributed by atoms with Gasteiger partial charge in [0.15, 0.2) is 0 Å². The number of para-hydroxylation sites is 1. The number of benzene rings is 2. The Balaban J connectivity index is 0.00000216. The summed E-state index contributed by atoms with van der Waals surface area (Å²) < 4.78 is 5.95. The van der Waals surface area contributed by atoms with Crippen LogP contribution in [0.2, 0.25) is 0 Å². The highest BCUT2D eigenvalue weighted by Gasteiger charge is 2.35. The zero-order chi connectivity index (χ0) is 29.1. The monoisotopic (exact) mass is 544 g/mol. The minimum Gasteiger partial charge on any atom is -0.457 e. The van der Waals surface area contributed by atoms with Crippen LogP contribution >= 0.6 is 0 Å². The van der Waals surface area contributed by atoms with E-state index in [1.807, 2.05) is 80.4 Å². The number of rotatable bonds is 8. The van der Waals surface area contributed by atoms with Gasteiger partial charge in [0.05, 0.1) is 5.57 Å². The lowest BCUT2D eigenvalue weighted by molar-refractivity contribution is -0.127. The molecule has 7 heteroatoms. The molecule has 0 bridgehead atoms. The number of nitrogens with two attached hydrogens (primary N) is 1. The van der Waals surface area contributed by atoms with Gasteiger partial charge in [-0.3, -0.25) is 9.59 Å². The number of primary amides is 1. The maximum Gasteiger partial charge on any atom is 0.252 e. The molecule has 7 nitrogen and oxygen atoms in total. The molecule has 4 rings (SSSR count). The van der Waals surface area contributed by atoms with Crippen molar-refractivity contribution in [2.75, 3.05) is 26.7 Å². The molecule has 2 aliphatic rings. The van der Waals surface area contributed by atoms with Crippen molar-refractivity contribution in [3.8, 4) is 11.5 Å². The molecule has 2 aliphatic heterocycles. The van der Waals surface area contributed by atoms with E-state index in [1.54, 1.807) is 0 Å². The molecule has 2 saturated heterocycles. The van der Waals surface area contributed by atoms with E-state index in [9.17, 15) is 9.59 Å². The summed E-state index contributed by atoms with van der Waals surface area (Å²) in [5, 5.41) is 3.47. The average Bonchev–Trinajstić information content (AvgIpc) is 2.99. The number of hydrogen-bond donors (Lipinski definition) is 2. The largest absolute Gasteiger partial charge is 0.457 e. The molecule has 1 unspecified atom stereocenters. The smallest absolute Gasteiger partial charge is 0.252 e. The Bertz CT molecular complexity index is 1200. The highest BCUT2D eigenvalue weighted by molar-refractivity contribution is 6.09. The van der Waals surface area contributed by atoms with Crippen LogP contribution in [0, 0.1) is 5.92 Å². The zero-order valence-electron chi connectivity index (χ0n) is 24.4. The third kappa shape index (κ3) is 7.34. The van der Waals surface area contributed by atoms with Crippen LogP contribution in [0.25, 0.3) is 5.57 Å². The van der Waals surface area contributed by atoms with Crippen molar-refractivity contribution in [1.82, 2.24) is 15.1 Å². The van der Waals surface area contributed by atoms with Gasteiger partial charge in [0.2, 0.25) is 5.91 Å². The molecule has 1 atom stereocenters. The number of likely N-dealkylation sites (tertiary alicyclic amines) is 1. The average molecular weight is 545 g/mol. The molecule has 2 aromatic carbocycles. The van der Waals surface area contributed by atoms with Crippen molar-refractivity contribution in [2.24, 2.45) is 11.7 Å². The Morgan fingerprint density at radius 2 is 1.65 bits per heavy atom. The number of carbonyl (C=O) groups is 2. The van der Waals surface area contributed by atoms with E-state index in [0.717, 1.165) is 73.8 Å². The highest BCUT2D eigenvalue weighted by Crippen LogP contribution is 2.34. The lowest BCUT2D eigenvalue weighted by Crippen LogP contribution is -2.51. The Hall–Kier alpha value is -4.00. The number of piperidine rings is 1. The standard InChI is InChI=1S/C31H38N4O3.C2H6/c1-4-9-26(22-12-14-25(15-13-22)38-24-10-7-6-8-11-24)29(30(32)37)31-33-19-16-27(34(31)3)23-17-20-35(21-18-23)28(36)5-2;1-2/h5-15,23,27,33H,2,4,16-21H2,1,3H3,(H2,32,37);1-2H3/b26-9+,31-29+;. The molecule has 0 spiro atoms. The number of nitrogens with one attached hydrogen (secondary N) is 1. The summed E-state index contributed by atoms with van der Waals surface area (Å²) in [6.07, 6.45) is 7.01. The van der Waals surface area contributed by atoms with E-state index in [0.29, 0.717) is 11.5 Å². The molecule has 0 radical (unpaired) electrons. The first-order valence-electron chi connectivity index (χ1n) is 14.4. The van der Waals surface area contributed by atoms with E-state index >= 15 is 0 Å². The van der Waals surface area contributed by atoms with Crippen molar-refractivity contribution < 1.29 is 14.3 Å². The van der Waals surface area contributed by atoms with Gasteiger partial charge < -0.3 is 25.6 Å². The SMILES string of the molecule is C=CC(=O)N1CCC(C2CCN/C(=C(C(N)=O)/C(=C/CC)c3ccc(Oc4ccccc4)cc3)N2C)CC1.CC. The molecular weight excluding hydrogens is 500 g/mol. The summed E-state index contributed by atoms with van der Waals surface area (Å²) in [6.45, 7) is 11.9. The van der Waals surface area contributed by atoms with Crippen LogP contribution in [0.3, 0.4) is 0 Å². The van der Waals surface area contributed by atoms with Gasteiger partial charge in [0.1, 0.15) is 17.3 Å². The normalized spacial score (nSPS) is 19.1. The van der Waals surface area contributed by atoms with Crippen LogP contribution in [-0.2, 0) is 9.59 Å². The third-order valence-corrected chi connectivity index (χ3v) is 7.46. The number of allylic oxidation sites excluding steroid dienone is 1. The fraction of sp³-hybridized carbons (Fsp3) is 0.394. The van der Waals surface area contributed by atoms with Crippen LogP contribution < -0.4 is 15.8 Å². The lowest BCUT2D eigenvalue weighted by Gasteiger charge is -2.45. The molecular formula is C33H44N4O3. The molecule has 2 fully saturated rings. The minimum atomic E-state index is -0.462. The molecule has 214 valence electrons. The van der Waals surface area contributed by atoms with E-state index < -0.39 is 5.91 Å². The molecule has 40 heavy (non-hydrogen) atoms. The van der Waals surface area contributed by atoms with Crippen LogP contribution in [0.15, 0.2) is 84.7 Å². The minimum absolute atomic E-state index is 0.00625. The van der Waals surface area contributed by atoms with Crippen LogP contribution in [0.5, 0.6) is 11.5 Å². The van der Waals surface area contributed by atoms with Crippen molar-refractivity contribution in [3.05, 3.63) is 90.3 Å². The summed E-state index contributed by atoms with van der Waals surface area (Å²) in [5.41, 5.74) is 8.25. The van der Waals surface area contributed by atoms with Gasteiger partial charge in [0, 0.05) is 32.7 Å².